The summed E-state index contributed by atoms with van der Waals surface area (Å²) in [6, 6.07) is 7.09. The van der Waals surface area contributed by atoms with Crippen molar-refractivity contribution in [3.8, 4) is 5.69 Å². The standard InChI is InChI=1S/C16H18ClN5O2/c17-12-4-6-13(7-5-12)22-11-14(19-20-22)16(24)18-8-2-10-21-9-1-3-15(21)23/h4-7,11H,1-3,8-10H2,(H,18,24). The van der Waals surface area contributed by atoms with E-state index in [9.17, 15) is 9.59 Å². The predicted molar refractivity (Wildman–Crippen MR) is 89.1 cm³/mol. The Morgan fingerprint density at radius 3 is 2.79 bits per heavy atom. The van der Waals surface area contributed by atoms with Crippen LogP contribution in [0.2, 0.25) is 5.02 Å². The molecule has 7 nitrogen and oxygen atoms in total. The van der Waals surface area contributed by atoms with Crippen molar-refractivity contribution in [2.24, 2.45) is 0 Å². The van der Waals surface area contributed by atoms with Gasteiger partial charge in [-0.3, -0.25) is 9.59 Å². The molecule has 1 aliphatic heterocycles. The van der Waals surface area contributed by atoms with E-state index in [0.29, 0.717) is 24.5 Å². The highest BCUT2D eigenvalue weighted by Crippen LogP contribution is 2.13. The number of nitrogens with one attached hydrogen (secondary N) is 1. The maximum atomic E-state index is 12.1. The molecule has 3 rings (SSSR count). The van der Waals surface area contributed by atoms with Crippen molar-refractivity contribution in [3.05, 3.63) is 41.2 Å². The third-order valence-corrected chi connectivity index (χ3v) is 4.13. The Morgan fingerprint density at radius 1 is 1.29 bits per heavy atom. The SMILES string of the molecule is O=C(NCCCN1CCCC1=O)c1cn(-c2ccc(Cl)cc2)nn1. The van der Waals surface area contributed by atoms with Gasteiger partial charge in [-0.1, -0.05) is 16.8 Å². The van der Waals surface area contributed by atoms with Crippen LogP contribution in [0.5, 0.6) is 0 Å². The van der Waals surface area contributed by atoms with Crippen LogP contribution in [0.3, 0.4) is 0 Å². The third-order valence-electron chi connectivity index (χ3n) is 3.88. The fourth-order valence-corrected chi connectivity index (χ4v) is 2.72. The molecule has 0 atom stereocenters. The highest BCUT2D eigenvalue weighted by molar-refractivity contribution is 6.30. The van der Waals surface area contributed by atoms with Gasteiger partial charge in [0.1, 0.15) is 0 Å². The Morgan fingerprint density at radius 2 is 2.08 bits per heavy atom. The Balaban J connectivity index is 1.48. The molecule has 0 bridgehead atoms. The van der Waals surface area contributed by atoms with Crippen LogP contribution in [0.15, 0.2) is 30.5 Å². The number of nitrogens with zero attached hydrogens (tertiary/aromatic N) is 4. The van der Waals surface area contributed by atoms with E-state index in [1.807, 2.05) is 4.90 Å². The second-order valence-electron chi connectivity index (χ2n) is 5.62. The van der Waals surface area contributed by atoms with Crippen molar-refractivity contribution >= 4 is 23.4 Å². The summed E-state index contributed by atoms with van der Waals surface area (Å²) in [5.74, 6) is -0.0739. The molecule has 24 heavy (non-hydrogen) atoms. The number of benzene rings is 1. The molecule has 2 aromatic rings. The second kappa shape index (κ2) is 7.44. The predicted octanol–water partition coefficient (Wildman–Crippen LogP) is 1.66. The van der Waals surface area contributed by atoms with Crippen LogP contribution in [-0.2, 0) is 4.79 Å². The van der Waals surface area contributed by atoms with Crippen LogP contribution >= 0.6 is 11.6 Å². The average Bonchev–Trinajstić information content (AvgIpc) is 3.22. The normalized spacial score (nSPS) is 14.2. The van der Waals surface area contributed by atoms with Crippen molar-refractivity contribution in [2.75, 3.05) is 19.6 Å². The molecule has 0 unspecified atom stereocenters. The van der Waals surface area contributed by atoms with Gasteiger partial charge in [-0.15, -0.1) is 5.10 Å². The van der Waals surface area contributed by atoms with Crippen molar-refractivity contribution in [1.29, 1.82) is 0 Å². The van der Waals surface area contributed by atoms with E-state index in [-0.39, 0.29) is 17.5 Å². The molecular weight excluding hydrogens is 330 g/mol. The quantitative estimate of drug-likeness (QED) is 0.806. The summed E-state index contributed by atoms with van der Waals surface area (Å²) in [7, 11) is 0. The molecule has 0 aliphatic carbocycles. The molecular formula is C16H18ClN5O2. The Kier molecular flexibility index (Phi) is 5.10. The minimum atomic E-state index is -0.275. The number of rotatable bonds is 6. The second-order valence-corrected chi connectivity index (χ2v) is 6.05. The third kappa shape index (κ3) is 3.91. The van der Waals surface area contributed by atoms with E-state index in [1.165, 1.54) is 4.68 Å². The lowest BCUT2D eigenvalue weighted by atomic mass is 10.3. The maximum absolute atomic E-state index is 12.1. The summed E-state index contributed by atoms with van der Waals surface area (Å²) in [6.07, 6.45) is 3.87. The largest absolute Gasteiger partial charge is 0.351 e. The van der Waals surface area contributed by atoms with Crippen LogP contribution in [-0.4, -0.2) is 51.3 Å². The lowest BCUT2D eigenvalue weighted by Crippen LogP contribution is -2.30. The smallest absolute Gasteiger partial charge is 0.273 e. The first-order valence-corrected chi connectivity index (χ1v) is 8.25. The summed E-state index contributed by atoms with van der Waals surface area (Å²) in [6.45, 7) is 2.00. The Bertz CT molecular complexity index is 728. The van der Waals surface area contributed by atoms with Gasteiger partial charge in [0.15, 0.2) is 5.69 Å². The summed E-state index contributed by atoms with van der Waals surface area (Å²) in [5.41, 5.74) is 1.03. The molecule has 1 aliphatic rings. The minimum absolute atomic E-state index is 0.201. The van der Waals surface area contributed by atoms with E-state index in [1.54, 1.807) is 30.5 Å². The van der Waals surface area contributed by atoms with Gasteiger partial charge in [-0.2, -0.15) is 0 Å². The van der Waals surface area contributed by atoms with E-state index >= 15 is 0 Å². The van der Waals surface area contributed by atoms with Crippen molar-refractivity contribution in [3.63, 3.8) is 0 Å². The fraction of sp³-hybridized carbons (Fsp3) is 0.375. The van der Waals surface area contributed by atoms with Crippen LogP contribution in [0.25, 0.3) is 5.69 Å². The number of carbonyl (C=O) groups excluding carboxylic acids is 2. The van der Waals surface area contributed by atoms with Crippen LogP contribution in [0.1, 0.15) is 29.8 Å². The number of hydrogen-bond acceptors (Lipinski definition) is 4. The van der Waals surface area contributed by atoms with Crippen LogP contribution < -0.4 is 5.32 Å². The zero-order chi connectivity index (χ0) is 16.9. The Hall–Kier alpha value is -2.41. The van der Waals surface area contributed by atoms with Crippen molar-refractivity contribution < 1.29 is 9.59 Å². The molecule has 0 radical (unpaired) electrons. The number of aromatic nitrogens is 3. The van der Waals surface area contributed by atoms with E-state index in [2.05, 4.69) is 15.6 Å². The zero-order valence-corrected chi connectivity index (χ0v) is 13.9. The molecule has 1 aromatic heterocycles. The van der Waals surface area contributed by atoms with Gasteiger partial charge in [0.25, 0.3) is 5.91 Å². The number of amides is 2. The van der Waals surface area contributed by atoms with Crippen LogP contribution in [0, 0.1) is 0 Å². The molecule has 0 saturated carbocycles. The summed E-state index contributed by atoms with van der Waals surface area (Å²) < 4.78 is 1.52. The first-order valence-electron chi connectivity index (χ1n) is 7.88. The average molecular weight is 348 g/mol. The molecule has 2 amide bonds. The van der Waals surface area contributed by atoms with E-state index < -0.39 is 0 Å². The van der Waals surface area contributed by atoms with Crippen molar-refractivity contribution in [2.45, 2.75) is 19.3 Å². The number of halogens is 1. The van der Waals surface area contributed by atoms with Gasteiger partial charge in [0.2, 0.25) is 5.91 Å². The monoisotopic (exact) mass is 347 g/mol. The first kappa shape index (κ1) is 16.4. The number of carbonyl (C=O) groups is 2. The number of hydrogen-bond donors (Lipinski definition) is 1. The molecule has 0 spiro atoms. The van der Waals surface area contributed by atoms with Gasteiger partial charge in [0, 0.05) is 31.1 Å². The fourth-order valence-electron chi connectivity index (χ4n) is 2.59. The minimum Gasteiger partial charge on any atom is -0.351 e. The Labute approximate surface area is 144 Å². The molecule has 1 saturated heterocycles. The van der Waals surface area contributed by atoms with Gasteiger partial charge < -0.3 is 10.2 Å². The highest BCUT2D eigenvalue weighted by Gasteiger charge is 2.19. The van der Waals surface area contributed by atoms with Gasteiger partial charge >= 0.3 is 0 Å². The van der Waals surface area contributed by atoms with E-state index in [4.69, 9.17) is 11.6 Å². The van der Waals surface area contributed by atoms with Gasteiger partial charge in [-0.05, 0) is 37.1 Å². The summed E-state index contributed by atoms with van der Waals surface area (Å²) in [4.78, 5) is 25.4. The molecule has 1 aromatic carbocycles. The molecule has 2 heterocycles. The topological polar surface area (TPSA) is 80.1 Å². The molecule has 126 valence electrons. The molecule has 1 N–H and O–H groups in total. The maximum Gasteiger partial charge on any atom is 0.273 e. The number of likely N-dealkylation sites (tertiary alicyclic amines) is 1. The van der Waals surface area contributed by atoms with Crippen LogP contribution in [0.4, 0.5) is 0 Å². The van der Waals surface area contributed by atoms with Gasteiger partial charge in [-0.25, -0.2) is 4.68 Å². The lowest BCUT2D eigenvalue weighted by Gasteiger charge is -2.14. The van der Waals surface area contributed by atoms with Gasteiger partial charge in [0.05, 0.1) is 11.9 Å². The van der Waals surface area contributed by atoms with E-state index in [0.717, 1.165) is 25.1 Å². The first-order chi connectivity index (χ1) is 11.6. The highest BCUT2D eigenvalue weighted by atomic mass is 35.5. The summed E-state index contributed by atoms with van der Waals surface area (Å²) >= 11 is 5.85. The molecule has 1 fully saturated rings. The summed E-state index contributed by atoms with van der Waals surface area (Å²) in [5, 5.41) is 11.3. The molecule has 8 heteroatoms. The zero-order valence-electron chi connectivity index (χ0n) is 13.1. The lowest BCUT2D eigenvalue weighted by molar-refractivity contribution is -0.127. The van der Waals surface area contributed by atoms with Crippen molar-refractivity contribution in [1.82, 2.24) is 25.2 Å².